The van der Waals surface area contributed by atoms with Gasteiger partial charge in [-0.15, -0.1) is 0 Å². The number of imidazole rings is 1. The summed E-state index contributed by atoms with van der Waals surface area (Å²) in [6, 6.07) is 5.56. The largest absolute Gasteiger partial charge is 0.494 e. The second-order valence-electron chi connectivity index (χ2n) is 4.27. The highest BCUT2D eigenvalue weighted by Crippen LogP contribution is 2.27. The van der Waals surface area contributed by atoms with Gasteiger partial charge in [0.05, 0.1) is 12.9 Å². The monoisotopic (exact) mass is 260 g/mol. The SMILES string of the molecule is CCOc1ccc(-c2ncn(C)c2C(=O)O)cc1C. The van der Waals surface area contributed by atoms with E-state index in [4.69, 9.17) is 4.74 Å². The number of ether oxygens (including phenoxy) is 1. The third-order valence-corrected chi connectivity index (χ3v) is 2.89. The van der Waals surface area contributed by atoms with Crippen molar-refractivity contribution in [2.24, 2.45) is 7.05 Å². The van der Waals surface area contributed by atoms with Crippen molar-refractivity contribution < 1.29 is 14.6 Å². The molecule has 0 saturated heterocycles. The molecule has 5 heteroatoms. The first-order valence-corrected chi connectivity index (χ1v) is 6.03. The molecule has 0 aliphatic rings. The molecule has 0 bridgehead atoms. The predicted molar refractivity (Wildman–Crippen MR) is 71.5 cm³/mol. The van der Waals surface area contributed by atoms with Crippen LogP contribution in [0.5, 0.6) is 5.75 Å². The summed E-state index contributed by atoms with van der Waals surface area (Å²) in [4.78, 5) is 15.4. The van der Waals surface area contributed by atoms with E-state index in [0.29, 0.717) is 12.3 Å². The molecular weight excluding hydrogens is 244 g/mol. The molecule has 2 aromatic rings. The van der Waals surface area contributed by atoms with Crippen LogP contribution in [0, 0.1) is 6.92 Å². The van der Waals surface area contributed by atoms with Crippen LogP contribution in [0.1, 0.15) is 23.0 Å². The standard InChI is InChI=1S/C14H16N2O3/c1-4-19-11-6-5-10(7-9(11)2)12-13(14(17)18)16(3)8-15-12/h5-8H,4H2,1-3H3,(H,17,18). The lowest BCUT2D eigenvalue weighted by molar-refractivity contribution is 0.0687. The van der Waals surface area contributed by atoms with Gasteiger partial charge in [-0.25, -0.2) is 9.78 Å². The van der Waals surface area contributed by atoms with Crippen molar-refractivity contribution in [1.29, 1.82) is 0 Å². The van der Waals surface area contributed by atoms with E-state index in [1.54, 1.807) is 7.05 Å². The van der Waals surface area contributed by atoms with Crippen molar-refractivity contribution >= 4 is 5.97 Å². The van der Waals surface area contributed by atoms with Gasteiger partial charge in [-0.1, -0.05) is 0 Å². The summed E-state index contributed by atoms with van der Waals surface area (Å²) >= 11 is 0. The molecule has 0 radical (unpaired) electrons. The average molecular weight is 260 g/mol. The van der Waals surface area contributed by atoms with Crippen molar-refractivity contribution in [2.75, 3.05) is 6.61 Å². The maximum atomic E-state index is 11.2. The van der Waals surface area contributed by atoms with Gasteiger partial charge in [-0.3, -0.25) is 0 Å². The maximum Gasteiger partial charge on any atom is 0.354 e. The number of carboxylic acids is 1. The van der Waals surface area contributed by atoms with Crippen LogP contribution in [-0.2, 0) is 7.05 Å². The Hall–Kier alpha value is -2.30. The molecule has 0 atom stereocenters. The number of benzene rings is 1. The first-order chi connectivity index (χ1) is 9.04. The van der Waals surface area contributed by atoms with Crippen molar-refractivity contribution in [1.82, 2.24) is 9.55 Å². The van der Waals surface area contributed by atoms with Crippen molar-refractivity contribution in [2.45, 2.75) is 13.8 Å². The Bertz CT molecular complexity index is 617. The molecule has 19 heavy (non-hydrogen) atoms. The fourth-order valence-electron chi connectivity index (χ4n) is 2.01. The van der Waals surface area contributed by atoms with Gasteiger partial charge in [0, 0.05) is 12.6 Å². The minimum Gasteiger partial charge on any atom is -0.494 e. The average Bonchev–Trinajstić information content (AvgIpc) is 2.74. The molecule has 0 amide bonds. The fraction of sp³-hybridized carbons (Fsp3) is 0.286. The normalized spacial score (nSPS) is 10.5. The van der Waals surface area contributed by atoms with Gasteiger partial charge in [-0.05, 0) is 37.6 Å². The lowest BCUT2D eigenvalue weighted by atomic mass is 10.1. The fourth-order valence-corrected chi connectivity index (χ4v) is 2.01. The van der Waals surface area contributed by atoms with Crippen molar-refractivity contribution in [3.05, 3.63) is 35.8 Å². The van der Waals surface area contributed by atoms with E-state index in [1.165, 1.54) is 10.9 Å². The van der Waals surface area contributed by atoms with Crippen molar-refractivity contribution in [3.8, 4) is 17.0 Å². The third-order valence-electron chi connectivity index (χ3n) is 2.89. The van der Waals surface area contributed by atoms with Crippen LogP contribution in [0.15, 0.2) is 24.5 Å². The molecule has 1 N–H and O–H groups in total. The van der Waals surface area contributed by atoms with Crippen LogP contribution < -0.4 is 4.74 Å². The van der Waals surface area contributed by atoms with E-state index in [1.807, 2.05) is 32.0 Å². The smallest absolute Gasteiger partial charge is 0.354 e. The molecular formula is C14H16N2O3. The van der Waals surface area contributed by atoms with Crippen LogP contribution in [0.4, 0.5) is 0 Å². The molecule has 0 aliphatic carbocycles. The zero-order chi connectivity index (χ0) is 14.0. The summed E-state index contributed by atoms with van der Waals surface area (Å²) in [6.07, 6.45) is 1.50. The highest BCUT2D eigenvalue weighted by molar-refractivity contribution is 5.93. The molecule has 100 valence electrons. The first-order valence-electron chi connectivity index (χ1n) is 6.03. The molecule has 2 rings (SSSR count). The molecule has 0 aliphatic heterocycles. The van der Waals surface area contributed by atoms with Crippen LogP contribution >= 0.6 is 0 Å². The van der Waals surface area contributed by atoms with Gasteiger partial charge in [-0.2, -0.15) is 0 Å². The Kier molecular flexibility index (Phi) is 3.55. The van der Waals surface area contributed by atoms with Crippen LogP contribution in [0.25, 0.3) is 11.3 Å². The maximum absolute atomic E-state index is 11.2. The lowest BCUT2D eigenvalue weighted by Gasteiger charge is -2.08. The van der Waals surface area contributed by atoms with E-state index < -0.39 is 5.97 Å². The highest BCUT2D eigenvalue weighted by atomic mass is 16.5. The topological polar surface area (TPSA) is 64.4 Å². The lowest BCUT2D eigenvalue weighted by Crippen LogP contribution is -2.05. The Labute approximate surface area is 111 Å². The number of aromatic carboxylic acids is 1. The van der Waals surface area contributed by atoms with Crippen LogP contribution in [0.2, 0.25) is 0 Å². The van der Waals surface area contributed by atoms with Gasteiger partial charge in [0.2, 0.25) is 0 Å². The predicted octanol–water partition coefficient (Wildman–Crippen LogP) is 2.49. The zero-order valence-electron chi connectivity index (χ0n) is 11.2. The number of hydrogen-bond acceptors (Lipinski definition) is 3. The molecule has 1 aromatic carbocycles. The van der Waals surface area contributed by atoms with Crippen LogP contribution in [-0.4, -0.2) is 27.2 Å². The molecule has 0 saturated carbocycles. The molecule has 0 spiro atoms. The Morgan fingerprint density at radius 3 is 2.79 bits per heavy atom. The van der Waals surface area contributed by atoms with E-state index in [-0.39, 0.29) is 5.69 Å². The van der Waals surface area contributed by atoms with E-state index in [9.17, 15) is 9.90 Å². The number of nitrogens with zero attached hydrogens (tertiary/aromatic N) is 2. The minimum atomic E-state index is -0.985. The number of carboxylic acid groups (broad SMARTS) is 1. The highest BCUT2D eigenvalue weighted by Gasteiger charge is 2.18. The number of hydrogen-bond donors (Lipinski definition) is 1. The van der Waals surface area contributed by atoms with E-state index in [2.05, 4.69) is 4.98 Å². The van der Waals surface area contributed by atoms with E-state index in [0.717, 1.165) is 16.9 Å². The zero-order valence-corrected chi connectivity index (χ0v) is 11.2. The number of aromatic nitrogens is 2. The van der Waals surface area contributed by atoms with Gasteiger partial charge in [0.15, 0.2) is 5.69 Å². The summed E-state index contributed by atoms with van der Waals surface area (Å²) in [5.74, 6) is -0.180. The quantitative estimate of drug-likeness (QED) is 0.917. The first kappa shape index (κ1) is 13.1. The molecule has 1 heterocycles. The van der Waals surface area contributed by atoms with E-state index >= 15 is 0 Å². The summed E-state index contributed by atoms with van der Waals surface area (Å²) in [6.45, 7) is 4.46. The Morgan fingerprint density at radius 1 is 1.47 bits per heavy atom. The second-order valence-corrected chi connectivity index (χ2v) is 4.27. The van der Waals surface area contributed by atoms with Gasteiger partial charge in [0.1, 0.15) is 11.4 Å². The van der Waals surface area contributed by atoms with Crippen molar-refractivity contribution in [3.63, 3.8) is 0 Å². The second kappa shape index (κ2) is 5.14. The third kappa shape index (κ3) is 2.45. The summed E-state index contributed by atoms with van der Waals surface area (Å²) in [7, 11) is 1.67. The van der Waals surface area contributed by atoms with Crippen LogP contribution in [0.3, 0.4) is 0 Å². The minimum absolute atomic E-state index is 0.184. The summed E-state index contributed by atoms with van der Waals surface area (Å²) < 4.78 is 6.97. The molecule has 0 unspecified atom stereocenters. The number of aryl methyl sites for hydroxylation is 2. The Morgan fingerprint density at radius 2 is 2.21 bits per heavy atom. The Balaban J connectivity index is 2.48. The van der Waals surface area contributed by atoms with Gasteiger partial charge in [0.25, 0.3) is 0 Å². The molecule has 5 nitrogen and oxygen atoms in total. The molecule has 1 aromatic heterocycles. The van der Waals surface area contributed by atoms with Gasteiger partial charge >= 0.3 is 5.97 Å². The summed E-state index contributed by atoms with van der Waals surface area (Å²) in [5.41, 5.74) is 2.39. The number of carbonyl (C=O) groups is 1. The molecule has 0 fully saturated rings. The number of rotatable bonds is 4. The summed E-state index contributed by atoms with van der Waals surface area (Å²) in [5, 5.41) is 9.22. The van der Waals surface area contributed by atoms with Gasteiger partial charge < -0.3 is 14.4 Å².